The van der Waals surface area contributed by atoms with Crippen molar-refractivity contribution in [3.8, 4) is 0 Å². The van der Waals surface area contributed by atoms with Gasteiger partial charge >= 0.3 is 6.03 Å². The minimum Gasteiger partial charge on any atom is -0.325 e. The molecule has 0 unspecified atom stereocenters. The van der Waals surface area contributed by atoms with Crippen LogP contribution in [0, 0.1) is 5.92 Å². The maximum Gasteiger partial charge on any atom is 0.321 e. The molecule has 3 rings (SSSR count). The third-order valence-electron chi connectivity index (χ3n) is 5.34. The highest BCUT2D eigenvalue weighted by Gasteiger charge is 2.45. The number of imidazole rings is 1. The molecule has 0 radical (unpaired) electrons. The van der Waals surface area contributed by atoms with Crippen LogP contribution in [0.4, 0.5) is 10.5 Å². The summed E-state index contributed by atoms with van der Waals surface area (Å²) in [4.78, 5) is 18.0. The Labute approximate surface area is 158 Å². The zero-order chi connectivity index (χ0) is 19.7. The van der Waals surface area contributed by atoms with E-state index in [-0.39, 0.29) is 17.0 Å². The number of nitrogens with one attached hydrogen (secondary N) is 1. The Hall–Kier alpha value is -2.49. The Kier molecular flexibility index (Phi) is 5.18. The van der Waals surface area contributed by atoms with Gasteiger partial charge in [-0.25, -0.2) is 18.2 Å². The van der Waals surface area contributed by atoms with Gasteiger partial charge in [-0.2, -0.15) is 10.2 Å². The molecule has 9 nitrogen and oxygen atoms in total. The lowest BCUT2D eigenvalue weighted by Crippen LogP contribution is -2.48. The number of carbonyl (C=O) groups excluding carboxylic acids is 1. The van der Waals surface area contributed by atoms with E-state index in [9.17, 15) is 13.2 Å². The molecule has 0 bridgehead atoms. The van der Waals surface area contributed by atoms with Gasteiger partial charge in [0.25, 0.3) is 0 Å². The Bertz CT molecular complexity index is 902. The number of anilines is 1. The van der Waals surface area contributed by atoms with Crippen molar-refractivity contribution in [3.05, 3.63) is 31.0 Å². The molecule has 10 heteroatoms. The van der Waals surface area contributed by atoms with Gasteiger partial charge in [-0.15, -0.1) is 0 Å². The van der Waals surface area contributed by atoms with Crippen molar-refractivity contribution in [1.29, 1.82) is 0 Å². The number of aromatic nitrogens is 4. The number of likely N-dealkylation sites (tertiary alicyclic amines) is 1. The van der Waals surface area contributed by atoms with E-state index >= 15 is 0 Å². The van der Waals surface area contributed by atoms with Crippen molar-refractivity contribution in [3.63, 3.8) is 0 Å². The Morgan fingerprint density at radius 1 is 1.22 bits per heavy atom. The molecule has 0 atom stereocenters. The first-order chi connectivity index (χ1) is 12.7. The van der Waals surface area contributed by atoms with Gasteiger partial charge in [0.1, 0.15) is 0 Å². The normalized spacial score (nSPS) is 16.3. The van der Waals surface area contributed by atoms with E-state index < -0.39 is 14.6 Å². The maximum absolute atomic E-state index is 13.1. The smallest absolute Gasteiger partial charge is 0.321 e. The number of carbonyl (C=O) groups is 1. The molecule has 0 spiro atoms. The number of rotatable bonds is 4. The third kappa shape index (κ3) is 3.66. The predicted molar refractivity (Wildman–Crippen MR) is 99.8 cm³/mol. The van der Waals surface area contributed by atoms with Crippen LogP contribution in [0.5, 0.6) is 0 Å². The van der Waals surface area contributed by atoms with Gasteiger partial charge in [-0.3, -0.25) is 0 Å². The second-order valence-corrected chi connectivity index (χ2v) is 9.75. The number of nitrogens with zero attached hydrogens (tertiary/aromatic N) is 5. The number of urea groups is 1. The molecule has 2 aromatic heterocycles. The molecular formula is C17H24N6O3S. The van der Waals surface area contributed by atoms with Crippen molar-refractivity contribution < 1.29 is 13.2 Å². The highest BCUT2D eigenvalue weighted by Crippen LogP contribution is 2.37. The number of sulfone groups is 1. The van der Waals surface area contributed by atoms with E-state index in [4.69, 9.17) is 0 Å². The standard InChI is InChI=1S/C17H24N6O3S/c1-17(2,27(25,26)15-11-18-12-22(15)3)13-5-8-23(9-6-13)16(24)21-14-4-7-19-20-10-14/h4,7,10-13H,5-6,8-9H2,1-3H3,(H,19,21,24). The van der Waals surface area contributed by atoms with E-state index in [1.165, 1.54) is 29.5 Å². The average Bonchev–Trinajstić information content (AvgIpc) is 3.09. The van der Waals surface area contributed by atoms with Crippen LogP contribution >= 0.6 is 0 Å². The van der Waals surface area contributed by atoms with Crippen LogP contribution in [0.2, 0.25) is 0 Å². The van der Waals surface area contributed by atoms with E-state index in [0.29, 0.717) is 31.6 Å². The largest absolute Gasteiger partial charge is 0.325 e. The molecule has 1 fully saturated rings. The number of piperidine rings is 1. The van der Waals surface area contributed by atoms with Crippen LogP contribution in [0.15, 0.2) is 36.0 Å². The van der Waals surface area contributed by atoms with Crippen LogP contribution < -0.4 is 5.32 Å². The number of hydrogen-bond donors (Lipinski definition) is 1. The van der Waals surface area contributed by atoms with Crippen LogP contribution in [0.25, 0.3) is 0 Å². The summed E-state index contributed by atoms with van der Waals surface area (Å²) in [6, 6.07) is 1.45. The van der Waals surface area contributed by atoms with Crippen LogP contribution in [-0.2, 0) is 16.9 Å². The summed E-state index contributed by atoms with van der Waals surface area (Å²) in [6.45, 7) is 4.52. The molecule has 0 saturated carbocycles. The SMILES string of the molecule is Cn1cncc1S(=O)(=O)C(C)(C)C1CCN(C(=O)Nc2ccnnc2)CC1. The van der Waals surface area contributed by atoms with E-state index in [1.807, 2.05) is 0 Å². The molecule has 146 valence electrons. The van der Waals surface area contributed by atoms with Crippen molar-refractivity contribution in [1.82, 2.24) is 24.6 Å². The predicted octanol–water partition coefficient (Wildman–Crippen LogP) is 1.71. The third-order valence-corrected chi connectivity index (χ3v) is 8.00. The first kappa shape index (κ1) is 19.3. The summed E-state index contributed by atoms with van der Waals surface area (Å²) in [7, 11) is -1.87. The Balaban J connectivity index is 1.66. The topological polar surface area (TPSA) is 110 Å². The van der Waals surface area contributed by atoms with Crippen LogP contribution in [-0.4, -0.2) is 56.9 Å². The average molecular weight is 392 g/mol. The lowest BCUT2D eigenvalue weighted by atomic mass is 9.86. The summed E-state index contributed by atoms with van der Waals surface area (Å²) in [5, 5.41) is 10.4. The molecule has 1 aliphatic rings. The van der Waals surface area contributed by atoms with Gasteiger partial charge in [0.2, 0.25) is 9.84 Å². The number of amides is 2. The number of hydrogen-bond acceptors (Lipinski definition) is 6. The quantitative estimate of drug-likeness (QED) is 0.848. The molecule has 2 amide bonds. The molecule has 27 heavy (non-hydrogen) atoms. The van der Waals surface area contributed by atoms with E-state index in [1.54, 1.807) is 31.9 Å². The van der Waals surface area contributed by atoms with Crippen molar-refractivity contribution in [2.75, 3.05) is 18.4 Å². The molecule has 3 heterocycles. The van der Waals surface area contributed by atoms with Gasteiger partial charge in [0.05, 0.1) is 35.4 Å². The molecule has 0 aromatic carbocycles. The van der Waals surface area contributed by atoms with Gasteiger partial charge < -0.3 is 14.8 Å². The zero-order valence-electron chi connectivity index (χ0n) is 15.7. The highest BCUT2D eigenvalue weighted by molar-refractivity contribution is 7.92. The van der Waals surface area contributed by atoms with Crippen LogP contribution in [0.3, 0.4) is 0 Å². The van der Waals surface area contributed by atoms with Gasteiger partial charge in [-0.1, -0.05) is 0 Å². The van der Waals surface area contributed by atoms with E-state index in [0.717, 1.165) is 0 Å². The summed E-state index contributed by atoms with van der Waals surface area (Å²) in [6.07, 6.45) is 7.10. The first-order valence-corrected chi connectivity index (χ1v) is 10.3. The summed E-state index contributed by atoms with van der Waals surface area (Å²) >= 11 is 0. The minimum absolute atomic E-state index is 0.0518. The first-order valence-electron chi connectivity index (χ1n) is 8.77. The Morgan fingerprint density at radius 3 is 2.48 bits per heavy atom. The van der Waals surface area contributed by atoms with Gasteiger partial charge in [-0.05, 0) is 38.7 Å². The molecule has 2 aromatic rings. The van der Waals surface area contributed by atoms with Crippen molar-refractivity contribution in [2.24, 2.45) is 13.0 Å². The summed E-state index contributed by atoms with van der Waals surface area (Å²) in [5.41, 5.74) is 0.580. The number of aryl methyl sites for hydroxylation is 1. The Morgan fingerprint density at radius 2 is 1.93 bits per heavy atom. The van der Waals surface area contributed by atoms with Crippen molar-refractivity contribution in [2.45, 2.75) is 36.5 Å². The second-order valence-electron chi connectivity index (χ2n) is 7.27. The van der Waals surface area contributed by atoms with Gasteiger partial charge in [0.15, 0.2) is 5.03 Å². The molecular weight excluding hydrogens is 368 g/mol. The van der Waals surface area contributed by atoms with E-state index in [2.05, 4.69) is 20.5 Å². The monoisotopic (exact) mass is 392 g/mol. The molecule has 1 saturated heterocycles. The van der Waals surface area contributed by atoms with Gasteiger partial charge in [0, 0.05) is 20.1 Å². The van der Waals surface area contributed by atoms with Crippen LogP contribution in [0.1, 0.15) is 26.7 Å². The molecule has 1 aliphatic heterocycles. The zero-order valence-corrected chi connectivity index (χ0v) is 16.5. The minimum atomic E-state index is -3.55. The lowest BCUT2D eigenvalue weighted by Gasteiger charge is -2.40. The second kappa shape index (κ2) is 7.26. The molecule has 1 N–H and O–H groups in total. The summed E-state index contributed by atoms with van der Waals surface area (Å²) < 4.78 is 26.8. The fourth-order valence-electron chi connectivity index (χ4n) is 3.44. The highest BCUT2D eigenvalue weighted by atomic mass is 32.2. The van der Waals surface area contributed by atoms with Crippen molar-refractivity contribution >= 4 is 21.6 Å². The summed E-state index contributed by atoms with van der Waals surface area (Å²) in [5.74, 6) is -0.0518. The fraction of sp³-hybridized carbons (Fsp3) is 0.529. The molecule has 0 aliphatic carbocycles. The maximum atomic E-state index is 13.1. The lowest BCUT2D eigenvalue weighted by molar-refractivity contribution is 0.171. The fourth-order valence-corrected chi connectivity index (χ4v) is 5.28.